The van der Waals surface area contributed by atoms with Crippen molar-refractivity contribution in [2.24, 2.45) is 0 Å². The van der Waals surface area contributed by atoms with E-state index in [1.54, 1.807) is 24.3 Å². The van der Waals surface area contributed by atoms with E-state index in [9.17, 15) is 18.0 Å². The van der Waals surface area contributed by atoms with Gasteiger partial charge in [-0.1, -0.05) is 42.5 Å². The van der Waals surface area contributed by atoms with E-state index in [2.05, 4.69) is 15.3 Å². The molecule has 162 valence electrons. The first-order chi connectivity index (χ1) is 14.9. The Balaban J connectivity index is 1.39. The number of hydrogen-bond donors (Lipinski definition) is 1. The highest BCUT2D eigenvalue weighted by molar-refractivity contribution is 5.89. The molecule has 9 heteroatoms. The number of fused-ring (bicyclic) bond motifs is 1. The number of halogens is 3. The highest BCUT2D eigenvalue weighted by atomic mass is 19.4. The lowest BCUT2D eigenvalue weighted by molar-refractivity contribution is -0.144. The van der Waals surface area contributed by atoms with Crippen LogP contribution in [0, 0.1) is 0 Å². The van der Waals surface area contributed by atoms with E-state index < -0.39 is 12.0 Å². The van der Waals surface area contributed by atoms with Gasteiger partial charge in [0.1, 0.15) is 5.82 Å². The highest BCUT2D eigenvalue weighted by Crippen LogP contribution is 2.32. The number of nitrogens with one attached hydrogen (secondary N) is 1. The fourth-order valence-corrected chi connectivity index (χ4v) is 3.60. The van der Waals surface area contributed by atoms with Crippen molar-refractivity contribution in [2.45, 2.75) is 12.7 Å². The Labute approximate surface area is 177 Å². The first-order valence-electron chi connectivity index (χ1n) is 10.0. The van der Waals surface area contributed by atoms with Crippen LogP contribution in [0.2, 0.25) is 0 Å². The molecule has 0 unspecified atom stereocenters. The maximum absolute atomic E-state index is 13.3. The van der Waals surface area contributed by atoms with Gasteiger partial charge in [-0.2, -0.15) is 13.2 Å². The van der Waals surface area contributed by atoms with Gasteiger partial charge in [0.15, 0.2) is 0 Å². The molecule has 6 nitrogen and oxygen atoms in total. The monoisotopic (exact) mass is 429 g/mol. The minimum absolute atomic E-state index is 0.0795. The van der Waals surface area contributed by atoms with Crippen LogP contribution in [-0.2, 0) is 17.5 Å². The van der Waals surface area contributed by atoms with Crippen LogP contribution in [0.25, 0.3) is 10.9 Å². The minimum atomic E-state index is -4.61. The van der Waals surface area contributed by atoms with Gasteiger partial charge in [0.25, 0.3) is 0 Å². The molecule has 1 aliphatic rings. The van der Waals surface area contributed by atoms with E-state index in [0.717, 1.165) is 5.56 Å². The topological polar surface area (TPSA) is 61.4 Å². The van der Waals surface area contributed by atoms with Crippen LogP contribution < -0.4 is 10.2 Å². The van der Waals surface area contributed by atoms with Gasteiger partial charge in [-0.05, 0) is 17.7 Å². The van der Waals surface area contributed by atoms with E-state index >= 15 is 0 Å². The van der Waals surface area contributed by atoms with Crippen LogP contribution in [-0.4, -0.2) is 53.5 Å². The largest absolute Gasteiger partial charge is 0.451 e. The Morgan fingerprint density at radius 3 is 2.32 bits per heavy atom. The van der Waals surface area contributed by atoms with Gasteiger partial charge in [-0.3, -0.25) is 9.69 Å². The zero-order chi connectivity index (χ0) is 21.8. The number of nitrogens with zero attached hydrogens (tertiary/aromatic N) is 4. The van der Waals surface area contributed by atoms with E-state index in [1.165, 1.54) is 0 Å². The van der Waals surface area contributed by atoms with Crippen LogP contribution >= 0.6 is 0 Å². The molecule has 2 heterocycles. The first kappa shape index (κ1) is 21.0. The fourth-order valence-electron chi connectivity index (χ4n) is 3.60. The molecule has 3 aromatic rings. The summed E-state index contributed by atoms with van der Waals surface area (Å²) in [4.78, 5) is 23.6. The quantitative estimate of drug-likeness (QED) is 0.676. The standard InChI is InChI=1S/C22H22F3N5O/c23-22(24,25)21-27-18-9-5-4-8-17(18)20(28-21)30-12-10-29(11-13-30)15-19(31)26-14-16-6-2-1-3-7-16/h1-9H,10-15H2,(H,26,31). The molecule has 0 spiro atoms. The summed E-state index contributed by atoms with van der Waals surface area (Å²) < 4.78 is 39.8. The average molecular weight is 429 g/mol. The van der Waals surface area contributed by atoms with E-state index in [1.807, 2.05) is 40.1 Å². The first-order valence-corrected chi connectivity index (χ1v) is 10.0. The normalized spacial score (nSPS) is 15.3. The summed E-state index contributed by atoms with van der Waals surface area (Å²) >= 11 is 0. The lowest BCUT2D eigenvalue weighted by Gasteiger charge is -2.35. The Bertz CT molecular complexity index is 1050. The molecule has 4 rings (SSSR count). The summed E-state index contributed by atoms with van der Waals surface area (Å²) in [7, 11) is 0. The second kappa shape index (κ2) is 8.89. The molecule has 2 aromatic carbocycles. The summed E-state index contributed by atoms with van der Waals surface area (Å²) in [5.41, 5.74) is 1.29. The molecular weight excluding hydrogens is 407 g/mol. The number of benzene rings is 2. The Morgan fingerprint density at radius 2 is 1.61 bits per heavy atom. The van der Waals surface area contributed by atoms with Gasteiger partial charge < -0.3 is 10.2 Å². The number of rotatable bonds is 5. The fraction of sp³-hybridized carbons (Fsp3) is 0.318. The SMILES string of the molecule is O=C(CN1CCN(c2nc(C(F)(F)F)nc3ccccc23)CC1)NCc1ccccc1. The molecule has 31 heavy (non-hydrogen) atoms. The Morgan fingerprint density at radius 1 is 0.935 bits per heavy atom. The van der Waals surface area contributed by atoms with Crippen molar-refractivity contribution in [3.05, 3.63) is 66.0 Å². The van der Waals surface area contributed by atoms with Crippen molar-refractivity contribution < 1.29 is 18.0 Å². The molecule has 1 saturated heterocycles. The van der Waals surface area contributed by atoms with E-state index in [0.29, 0.717) is 38.1 Å². The molecule has 0 atom stereocenters. The van der Waals surface area contributed by atoms with Crippen molar-refractivity contribution in [3.63, 3.8) is 0 Å². The van der Waals surface area contributed by atoms with Crippen molar-refractivity contribution >= 4 is 22.6 Å². The number of aromatic nitrogens is 2. The van der Waals surface area contributed by atoms with Gasteiger partial charge in [-0.25, -0.2) is 9.97 Å². The Kier molecular flexibility index (Phi) is 6.03. The summed E-state index contributed by atoms with van der Waals surface area (Å²) in [6, 6.07) is 16.4. The lowest BCUT2D eigenvalue weighted by Crippen LogP contribution is -2.49. The second-order valence-electron chi connectivity index (χ2n) is 7.41. The molecule has 1 aliphatic heterocycles. The number of piperazine rings is 1. The van der Waals surface area contributed by atoms with Gasteiger partial charge >= 0.3 is 6.18 Å². The molecule has 0 radical (unpaired) electrons. The summed E-state index contributed by atoms with van der Waals surface area (Å²) in [6.45, 7) is 2.77. The Hall–Kier alpha value is -3.20. The summed E-state index contributed by atoms with van der Waals surface area (Å²) in [5, 5.41) is 3.49. The second-order valence-corrected chi connectivity index (χ2v) is 7.41. The van der Waals surface area contributed by atoms with Crippen LogP contribution in [0.1, 0.15) is 11.4 Å². The zero-order valence-electron chi connectivity index (χ0n) is 16.8. The molecule has 0 bridgehead atoms. The molecule has 1 N–H and O–H groups in total. The molecule has 1 amide bonds. The molecule has 1 aromatic heterocycles. The smallest absolute Gasteiger partial charge is 0.353 e. The van der Waals surface area contributed by atoms with E-state index in [-0.39, 0.29) is 23.8 Å². The highest BCUT2D eigenvalue weighted by Gasteiger charge is 2.36. The predicted octanol–water partition coefficient (Wildman–Crippen LogP) is 3.09. The summed E-state index contributed by atoms with van der Waals surface area (Å²) in [6.07, 6.45) is -4.61. The molecule has 0 aliphatic carbocycles. The zero-order valence-corrected chi connectivity index (χ0v) is 16.8. The number of hydrogen-bond acceptors (Lipinski definition) is 5. The van der Waals surface area contributed by atoms with Crippen molar-refractivity contribution in [3.8, 4) is 0 Å². The van der Waals surface area contributed by atoms with E-state index in [4.69, 9.17) is 0 Å². The van der Waals surface area contributed by atoms with Gasteiger partial charge in [-0.15, -0.1) is 0 Å². The molecule has 1 fully saturated rings. The number of alkyl halides is 3. The molecule has 0 saturated carbocycles. The number of amides is 1. The van der Waals surface area contributed by atoms with Gasteiger partial charge in [0.05, 0.1) is 12.1 Å². The predicted molar refractivity (Wildman–Crippen MR) is 111 cm³/mol. The third-order valence-electron chi connectivity index (χ3n) is 5.21. The third-order valence-corrected chi connectivity index (χ3v) is 5.21. The van der Waals surface area contributed by atoms with Crippen LogP contribution in [0.5, 0.6) is 0 Å². The number of carbonyl (C=O) groups is 1. The van der Waals surface area contributed by atoms with Crippen LogP contribution in [0.15, 0.2) is 54.6 Å². The van der Waals surface area contributed by atoms with Gasteiger partial charge in [0, 0.05) is 38.1 Å². The lowest BCUT2D eigenvalue weighted by atomic mass is 10.2. The minimum Gasteiger partial charge on any atom is -0.353 e. The van der Waals surface area contributed by atoms with Gasteiger partial charge in [0.2, 0.25) is 11.7 Å². The maximum Gasteiger partial charge on any atom is 0.451 e. The summed E-state index contributed by atoms with van der Waals surface area (Å²) in [5.74, 6) is -0.931. The third kappa shape index (κ3) is 5.11. The number of para-hydroxylation sites is 1. The van der Waals surface area contributed by atoms with Crippen molar-refractivity contribution in [1.82, 2.24) is 20.2 Å². The number of carbonyl (C=O) groups excluding carboxylic acids is 1. The number of anilines is 1. The molecular formula is C22H22F3N5O. The van der Waals surface area contributed by atoms with Crippen LogP contribution in [0.3, 0.4) is 0 Å². The van der Waals surface area contributed by atoms with Crippen LogP contribution in [0.4, 0.5) is 19.0 Å². The van der Waals surface area contributed by atoms with Crippen molar-refractivity contribution in [1.29, 1.82) is 0 Å². The average Bonchev–Trinajstić information content (AvgIpc) is 2.77. The maximum atomic E-state index is 13.3. The van der Waals surface area contributed by atoms with Crippen molar-refractivity contribution in [2.75, 3.05) is 37.6 Å².